The minimum absolute atomic E-state index is 0.195. The summed E-state index contributed by atoms with van der Waals surface area (Å²) >= 11 is 0. The molecule has 3 heterocycles. The van der Waals surface area contributed by atoms with Crippen LogP contribution in [0.5, 0.6) is 0 Å². The molecule has 0 radical (unpaired) electrons. The number of ether oxygens (including phenoxy) is 6. The second kappa shape index (κ2) is 33.2. The summed E-state index contributed by atoms with van der Waals surface area (Å²) in [6.07, 6.45) is 1.41. The van der Waals surface area contributed by atoms with Gasteiger partial charge in [-0.15, -0.1) is 0 Å². The van der Waals surface area contributed by atoms with Gasteiger partial charge in [-0.2, -0.15) is 0 Å². The first-order valence-electron chi connectivity index (χ1n) is 24.9. The van der Waals surface area contributed by atoms with Crippen LogP contribution in [0.15, 0.2) is 12.2 Å². The van der Waals surface area contributed by atoms with E-state index in [2.05, 4.69) is 12.2 Å². The van der Waals surface area contributed by atoms with Crippen LogP contribution in [0, 0.1) is 0 Å². The number of hydrogen-bond acceptors (Lipinski definition) is 18. The van der Waals surface area contributed by atoms with Gasteiger partial charge in [0, 0.05) is 6.42 Å². The third kappa shape index (κ3) is 19.4. The molecule has 19 heteroatoms. The summed E-state index contributed by atoms with van der Waals surface area (Å²) in [4.78, 5) is 12.6. The molecule has 12 N–H and O–H groups in total. The van der Waals surface area contributed by atoms with Crippen molar-refractivity contribution in [3.8, 4) is 0 Å². The number of hydrogen-bond donors (Lipinski definition) is 12. The number of aliphatic hydroxyl groups excluding tert-OH is 11. The van der Waals surface area contributed by atoms with Crippen molar-refractivity contribution in [1.29, 1.82) is 0 Å². The molecule has 0 aromatic heterocycles. The average molecular weight is 954 g/mol. The van der Waals surface area contributed by atoms with Gasteiger partial charge in [0.1, 0.15) is 73.2 Å². The molecule has 3 aliphatic heterocycles. The second-order valence-electron chi connectivity index (χ2n) is 18.3. The van der Waals surface area contributed by atoms with Crippen molar-refractivity contribution in [3.05, 3.63) is 12.2 Å². The Kier molecular flexibility index (Phi) is 29.6. The Balaban J connectivity index is 1.43. The van der Waals surface area contributed by atoms with Gasteiger partial charge < -0.3 is 89.9 Å². The number of aliphatic hydroxyl groups is 11. The van der Waals surface area contributed by atoms with Crippen LogP contribution < -0.4 is 5.32 Å². The van der Waals surface area contributed by atoms with E-state index in [1.165, 1.54) is 96.3 Å². The van der Waals surface area contributed by atoms with Gasteiger partial charge in [-0.05, 0) is 19.3 Å². The molecular weight excluding hydrogens is 867 g/mol. The lowest BCUT2D eigenvalue weighted by atomic mass is 9.96. The number of rotatable bonds is 34. The molecule has 0 aromatic carbocycles. The summed E-state index contributed by atoms with van der Waals surface area (Å²) in [6, 6.07) is -0.962. The van der Waals surface area contributed by atoms with E-state index in [0.29, 0.717) is 6.42 Å². The summed E-state index contributed by atoms with van der Waals surface area (Å²) in [7, 11) is 0. The van der Waals surface area contributed by atoms with Crippen LogP contribution in [0.4, 0.5) is 0 Å². The fraction of sp³-hybridized carbons (Fsp3) is 0.936. The van der Waals surface area contributed by atoms with Crippen molar-refractivity contribution in [3.63, 3.8) is 0 Å². The Labute approximate surface area is 391 Å². The molecule has 0 aromatic rings. The number of allylic oxidation sites excluding steroid dienone is 1. The fourth-order valence-corrected chi connectivity index (χ4v) is 8.64. The summed E-state index contributed by atoms with van der Waals surface area (Å²) < 4.78 is 33.8. The topological polar surface area (TPSA) is 307 Å². The number of carbonyl (C=O) groups excluding carboxylic acids is 1. The molecule has 3 rings (SSSR count). The van der Waals surface area contributed by atoms with E-state index in [-0.39, 0.29) is 18.9 Å². The van der Waals surface area contributed by atoms with Crippen molar-refractivity contribution >= 4 is 5.91 Å². The largest absolute Gasteiger partial charge is 0.394 e. The maximum Gasteiger partial charge on any atom is 0.220 e. The molecule has 0 aliphatic carbocycles. The van der Waals surface area contributed by atoms with Gasteiger partial charge in [0.05, 0.1) is 38.6 Å². The molecule has 0 saturated carbocycles. The normalized spacial score (nSPS) is 33.9. The third-order valence-corrected chi connectivity index (χ3v) is 12.8. The highest BCUT2D eigenvalue weighted by Gasteiger charge is 2.53. The molecule has 17 atom stereocenters. The monoisotopic (exact) mass is 954 g/mol. The van der Waals surface area contributed by atoms with Crippen LogP contribution in [0.3, 0.4) is 0 Å². The van der Waals surface area contributed by atoms with Crippen LogP contribution in [0.1, 0.15) is 149 Å². The molecule has 3 saturated heterocycles. The Bertz CT molecular complexity index is 1280. The zero-order valence-electron chi connectivity index (χ0n) is 39.4. The highest BCUT2D eigenvalue weighted by Crippen LogP contribution is 2.33. The summed E-state index contributed by atoms with van der Waals surface area (Å²) in [5.41, 5.74) is 0. The standard InChI is InChI=1S/C47H87NO18/c1-3-5-6-7-8-9-10-11-12-13-14-15-16-17-18-19-20-21-22-23-25-31(52)30(48-35(53)24-4-2)29-61-45-41(59)38(56)43(33(27-50)63-45)66-47-42(60)39(57)44(34(28-51)64-47)65-46-40(58)37(55)36(54)32(26-49)62-46/h23,25,30-34,36-47,49-52,54-60H,3-22,24,26-29H2,1-2H3,(H,48,53)/b25-23+. The van der Waals surface area contributed by atoms with Crippen molar-refractivity contribution in [2.75, 3.05) is 26.4 Å². The van der Waals surface area contributed by atoms with Crippen LogP contribution in [-0.4, -0.2) is 193 Å². The first-order chi connectivity index (χ1) is 31.8. The lowest BCUT2D eigenvalue weighted by Crippen LogP contribution is -2.66. The zero-order chi connectivity index (χ0) is 48.4. The molecule has 17 unspecified atom stereocenters. The number of unbranched alkanes of at least 4 members (excludes halogenated alkanes) is 18. The quantitative estimate of drug-likeness (QED) is 0.0317. The Morgan fingerprint density at radius 3 is 1.39 bits per heavy atom. The van der Waals surface area contributed by atoms with Crippen molar-refractivity contribution in [2.24, 2.45) is 0 Å². The minimum atomic E-state index is -1.97. The van der Waals surface area contributed by atoms with Crippen LogP contribution >= 0.6 is 0 Å². The van der Waals surface area contributed by atoms with E-state index in [1.807, 2.05) is 13.0 Å². The summed E-state index contributed by atoms with van der Waals surface area (Å²) in [6.45, 7) is 1.32. The van der Waals surface area contributed by atoms with Gasteiger partial charge in [-0.25, -0.2) is 0 Å². The highest BCUT2D eigenvalue weighted by molar-refractivity contribution is 5.76. The first kappa shape index (κ1) is 58.8. The summed E-state index contributed by atoms with van der Waals surface area (Å²) in [5.74, 6) is -0.330. The maximum atomic E-state index is 12.6. The van der Waals surface area contributed by atoms with Gasteiger partial charge in [-0.1, -0.05) is 135 Å². The van der Waals surface area contributed by atoms with Crippen molar-refractivity contribution in [1.82, 2.24) is 5.32 Å². The molecule has 66 heavy (non-hydrogen) atoms. The number of amides is 1. The van der Waals surface area contributed by atoms with Crippen LogP contribution in [0.2, 0.25) is 0 Å². The van der Waals surface area contributed by atoms with Gasteiger partial charge in [-0.3, -0.25) is 4.79 Å². The molecule has 19 nitrogen and oxygen atoms in total. The van der Waals surface area contributed by atoms with Gasteiger partial charge in [0.2, 0.25) is 5.91 Å². The van der Waals surface area contributed by atoms with Gasteiger partial charge in [0.15, 0.2) is 18.9 Å². The average Bonchev–Trinajstić information content (AvgIpc) is 3.31. The predicted molar refractivity (Wildman–Crippen MR) is 240 cm³/mol. The number of carbonyl (C=O) groups is 1. The van der Waals surface area contributed by atoms with Crippen LogP contribution in [-0.2, 0) is 33.2 Å². The van der Waals surface area contributed by atoms with E-state index in [9.17, 15) is 61.0 Å². The molecule has 1 amide bonds. The van der Waals surface area contributed by atoms with E-state index in [1.54, 1.807) is 6.08 Å². The Morgan fingerprint density at radius 2 is 0.939 bits per heavy atom. The second-order valence-corrected chi connectivity index (χ2v) is 18.3. The van der Waals surface area contributed by atoms with Gasteiger partial charge >= 0.3 is 0 Å². The van der Waals surface area contributed by atoms with E-state index in [4.69, 9.17) is 28.4 Å². The third-order valence-electron chi connectivity index (χ3n) is 12.8. The Hall–Kier alpha value is -1.47. The highest BCUT2D eigenvalue weighted by atomic mass is 16.8. The van der Waals surface area contributed by atoms with E-state index >= 15 is 0 Å². The first-order valence-corrected chi connectivity index (χ1v) is 24.9. The fourth-order valence-electron chi connectivity index (χ4n) is 8.64. The minimum Gasteiger partial charge on any atom is -0.394 e. The molecule has 0 bridgehead atoms. The molecular formula is C47H87NO18. The van der Waals surface area contributed by atoms with E-state index < -0.39 is 124 Å². The molecule has 388 valence electrons. The summed E-state index contributed by atoms with van der Waals surface area (Å²) in [5, 5.41) is 119. The van der Waals surface area contributed by atoms with Crippen molar-refractivity contribution < 1.29 is 89.4 Å². The molecule has 3 aliphatic rings. The predicted octanol–water partition coefficient (Wildman–Crippen LogP) is 1.09. The lowest BCUT2D eigenvalue weighted by Gasteiger charge is -2.48. The van der Waals surface area contributed by atoms with Crippen molar-refractivity contribution in [2.45, 2.75) is 253 Å². The maximum absolute atomic E-state index is 12.6. The van der Waals surface area contributed by atoms with Gasteiger partial charge in [0.25, 0.3) is 0 Å². The van der Waals surface area contributed by atoms with E-state index in [0.717, 1.165) is 25.7 Å². The lowest BCUT2D eigenvalue weighted by molar-refractivity contribution is -0.379. The molecule has 0 spiro atoms. The van der Waals surface area contributed by atoms with Crippen LogP contribution in [0.25, 0.3) is 0 Å². The smallest absolute Gasteiger partial charge is 0.220 e. The number of nitrogens with one attached hydrogen (secondary N) is 1. The Morgan fingerprint density at radius 1 is 0.530 bits per heavy atom. The SMILES string of the molecule is CCCCCCCCCCCCCCCCCCCC/C=C/C(O)C(COC1OC(CO)C(OC2OC(CO)C(OC3OC(CO)C(O)C(O)C3O)C(O)C2O)C(O)C1O)NC(=O)CCC. The molecule has 3 fully saturated rings. The zero-order valence-corrected chi connectivity index (χ0v) is 39.4.